The number of ether oxygens (including phenoxy) is 1. The first-order valence-electron chi connectivity index (χ1n) is 8.30. The Morgan fingerprint density at radius 1 is 1.08 bits per heavy atom. The molecule has 0 bridgehead atoms. The van der Waals surface area contributed by atoms with Gasteiger partial charge >= 0.3 is 5.97 Å². The number of rotatable bonds is 3. The van der Waals surface area contributed by atoms with E-state index in [-0.39, 0.29) is 5.97 Å². The van der Waals surface area contributed by atoms with Gasteiger partial charge in [0.25, 0.3) is 0 Å². The van der Waals surface area contributed by atoms with E-state index in [1.54, 1.807) is 0 Å². The van der Waals surface area contributed by atoms with Crippen molar-refractivity contribution < 1.29 is 9.53 Å². The van der Waals surface area contributed by atoms with Gasteiger partial charge in [-0.15, -0.1) is 0 Å². The summed E-state index contributed by atoms with van der Waals surface area (Å²) < 4.78 is 7.78. The highest BCUT2D eigenvalue weighted by Gasteiger charge is 2.26. The topological polar surface area (TPSA) is 31.2 Å². The molecule has 24 heavy (non-hydrogen) atoms. The molecule has 120 valence electrons. The van der Waals surface area contributed by atoms with Crippen molar-refractivity contribution in [3.63, 3.8) is 0 Å². The third-order valence-corrected chi connectivity index (χ3v) is 4.51. The van der Waals surface area contributed by atoms with Crippen LogP contribution >= 0.6 is 0 Å². The van der Waals surface area contributed by atoms with Gasteiger partial charge in [-0.05, 0) is 37.1 Å². The molecule has 0 unspecified atom stereocenters. The van der Waals surface area contributed by atoms with Gasteiger partial charge in [0.15, 0.2) is 0 Å². The normalized spacial score (nSPS) is 15.1. The summed E-state index contributed by atoms with van der Waals surface area (Å²) in [5.41, 5.74) is 5.05. The molecule has 2 heterocycles. The lowest BCUT2D eigenvalue weighted by Gasteiger charge is -2.03. The molecule has 0 radical (unpaired) electrons. The average Bonchev–Trinajstić information content (AvgIpc) is 3.09. The smallest absolute Gasteiger partial charge is 0.344 e. The zero-order valence-corrected chi connectivity index (χ0v) is 13.9. The fraction of sp³-hybridized carbons (Fsp3) is 0.190. The predicted molar refractivity (Wildman–Crippen MR) is 96.7 cm³/mol. The maximum atomic E-state index is 12.0. The van der Waals surface area contributed by atoms with Crippen molar-refractivity contribution in [1.82, 2.24) is 4.57 Å². The Morgan fingerprint density at radius 2 is 1.88 bits per heavy atom. The maximum absolute atomic E-state index is 12.0. The van der Waals surface area contributed by atoms with Gasteiger partial charge in [-0.2, -0.15) is 0 Å². The first-order chi connectivity index (χ1) is 11.7. The number of fused-ring (bicyclic) bond motifs is 2. The summed E-state index contributed by atoms with van der Waals surface area (Å²) in [4.78, 5) is 12.0. The molecule has 0 saturated carbocycles. The Hall–Kier alpha value is -2.81. The number of benzene rings is 2. The molecule has 3 nitrogen and oxygen atoms in total. The van der Waals surface area contributed by atoms with Crippen molar-refractivity contribution in [1.29, 1.82) is 0 Å². The van der Waals surface area contributed by atoms with Gasteiger partial charge < -0.3 is 9.30 Å². The van der Waals surface area contributed by atoms with Crippen LogP contribution in [0, 0.1) is 6.92 Å². The second-order valence-corrected chi connectivity index (χ2v) is 6.19. The second-order valence-electron chi connectivity index (χ2n) is 6.19. The van der Waals surface area contributed by atoms with Gasteiger partial charge in [0.2, 0.25) is 0 Å². The van der Waals surface area contributed by atoms with E-state index in [4.69, 9.17) is 4.74 Å². The summed E-state index contributed by atoms with van der Waals surface area (Å²) in [6, 6.07) is 13.9. The summed E-state index contributed by atoms with van der Waals surface area (Å²) >= 11 is 0. The van der Waals surface area contributed by atoms with Crippen LogP contribution < -0.4 is 0 Å². The van der Waals surface area contributed by atoms with E-state index in [2.05, 4.69) is 42.8 Å². The molecule has 0 amide bonds. The zero-order valence-electron chi connectivity index (χ0n) is 13.9. The van der Waals surface area contributed by atoms with Gasteiger partial charge in [-0.25, -0.2) is 4.79 Å². The van der Waals surface area contributed by atoms with E-state index in [9.17, 15) is 4.79 Å². The minimum absolute atomic E-state index is 0.272. The minimum Gasteiger partial charge on any atom is -0.422 e. The number of hydrogen-bond donors (Lipinski definition) is 0. The summed E-state index contributed by atoms with van der Waals surface area (Å²) in [5, 5.41) is 1.22. The monoisotopic (exact) mass is 317 g/mol. The van der Waals surface area contributed by atoms with E-state index in [1.807, 2.05) is 30.3 Å². The molecular formula is C21H19NO2. The molecule has 1 aromatic heterocycles. The quantitative estimate of drug-likeness (QED) is 0.635. The third kappa shape index (κ3) is 2.24. The minimum atomic E-state index is -0.272. The Bertz CT molecular complexity index is 979. The van der Waals surface area contributed by atoms with E-state index in [0.29, 0.717) is 11.3 Å². The Morgan fingerprint density at radius 3 is 2.67 bits per heavy atom. The molecule has 2 aromatic carbocycles. The van der Waals surface area contributed by atoms with Gasteiger partial charge in [-0.1, -0.05) is 37.3 Å². The fourth-order valence-electron chi connectivity index (χ4n) is 3.44. The molecule has 0 spiro atoms. The lowest BCUT2D eigenvalue weighted by molar-refractivity contribution is 0.0717. The lowest BCUT2D eigenvalue weighted by Crippen LogP contribution is -1.93. The molecule has 0 N–H and O–H groups in total. The van der Waals surface area contributed by atoms with Gasteiger partial charge in [-0.3, -0.25) is 0 Å². The Kier molecular flexibility index (Phi) is 3.49. The van der Waals surface area contributed by atoms with Crippen molar-refractivity contribution in [2.75, 3.05) is 0 Å². The van der Waals surface area contributed by atoms with Crippen LogP contribution in [-0.4, -0.2) is 10.5 Å². The molecule has 0 fully saturated rings. The zero-order chi connectivity index (χ0) is 16.7. The van der Waals surface area contributed by atoms with Crippen molar-refractivity contribution in [2.45, 2.75) is 26.8 Å². The number of aromatic nitrogens is 1. The summed E-state index contributed by atoms with van der Waals surface area (Å²) in [5.74, 6) is 0.361. The molecule has 3 heteroatoms. The number of cyclic esters (lactones) is 1. The summed E-state index contributed by atoms with van der Waals surface area (Å²) in [6.45, 7) is 5.27. The van der Waals surface area contributed by atoms with Crippen LogP contribution in [-0.2, 0) is 11.3 Å². The highest BCUT2D eigenvalue weighted by molar-refractivity contribution is 6.07. The number of carbonyl (C=O) groups excluding carboxylic acids is 1. The van der Waals surface area contributed by atoms with Crippen LogP contribution in [0.1, 0.15) is 40.4 Å². The summed E-state index contributed by atoms with van der Waals surface area (Å²) in [6.07, 6.45) is 5.22. The standard InChI is InChI=1S/C21H19NO2/c1-3-11-22-13-15(20-14(2)7-6-10-18(20)22)12-19-16-8-4-5-9-17(16)21(23)24-19/h4-10,12-13H,3,11H2,1-2H3/b19-12-. The van der Waals surface area contributed by atoms with E-state index in [0.717, 1.165) is 24.1 Å². The molecule has 0 saturated heterocycles. The van der Waals surface area contributed by atoms with Gasteiger partial charge in [0.05, 0.1) is 5.56 Å². The first-order valence-corrected chi connectivity index (χ1v) is 8.30. The van der Waals surface area contributed by atoms with E-state index in [1.165, 1.54) is 16.5 Å². The highest BCUT2D eigenvalue weighted by atomic mass is 16.5. The van der Waals surface area contributed by atoms with Crippen LogP contribution in [0.5, 0.6) is 0 Å². The number of hydrogen-bond acceptors (Lipinski definition) is 2. The molecule has 1 aliphatic rings. The molecule has 1 aliphatic heterocycles. The number of aryl methyl sites for hydroxylation is 2. The van der Waals surface area contributed by atoms with Crippen molar-refractivity contribution >= 4 is 28.7 Å². The van der Waals surface area contributed by atoms with Crippen molar-refractivity contribution in [2.24, 2.45) is 0 Å². The van der Waals surface area contributed by atoms with Crippen LogP contribution in [0.2, 0.25) is 0 Å². The second kappa shape index (κ2) is 5.68. The Balaban J connectivity index is 1.91. The molecule has 0 aliphatic carbocycles. The molecular weight excluding hydrogens is 298 g/mol. The number of esters is 1. The average molecular weight is 317 g/mol. The predicted octanol–water partition coefficient (Wildman–Crippen LogP) is 5.03. The molecule has 0 atom stereocenters. The van der Waals surface area contributed by atoms with Crippen LogP contribution in [0.25, 0.3) is 22.7 Å². The van der Waals surface area contributed by atoms with Crippen LogP contribution in [0.4, 0.5) is 0 Å². The van der Waals surface area contributed by atoms with E-state index < -0.39 is 0 Å². The SMILES string of the molecule is CCCn1cc(/C=C2\OC(=O)c3ccccc32)c2c(C)cccc21. The van der Waals surface area contributed by atoms with E-state index >= 15 is 0 Å². The number of nitrogens with zero attached hydrogens (tertiary/aromatic N) is 1. The van der Waals surface area contributed by atoms with Crippen molar-refractivity contribution in [3.05, 3.63) is 70.9 Å². The largest absolute Gasteiger partial charge is 0.422 e. The molecule has 4 rings (SSSR count). The van der Waals surface area contributed by atoms with Crippen LogP contribution in [0.3, 0.4) is 0 Å². The van der Waals surface area contributed by atoms with Crippen LogP contribution in [0.15, 0.2) is 48.7 Å². The Labute approximate surface area is 141 Å². The van der Waals surface area contributed by atoms with Gasteiger partial charge in [0, 0.05) is 34.8 Å². The summed E-state index contributed by atoms with van der Waals surface area (Å²) in [7, 11) is 0. The highest BCUT2D eigenvalue weighted by Crippen LogP contribution is 2.34. The van der Waals surface area contributed by atoms with Gasteiger partial charge in [0.1, 0.15) is 5.76 Å². The third-order valence-electron chi connectivity index (χ3n) is 4.51. The fourth-order valence-corrected chi connectivity index (χ4v) is 3.44. The number of carbonyl (C=O) groups is 1. The maximum Gasteiger partial charge on any atom is 0.344 e. The molecule has 3 aromatic rings. The first kappa shape index (κ1) is 14.8. The lowest BCUT2D eigenvalue weighted by atomic mass is 10.0. The van der Waals surface area contributed by atoms with Crippen molar-refractivity contribution in [3.8, 4) is 0 Å².